The monoisotopic (exact) mass is 334 g/mol. The molecule has 0 saturated heterocycles. The van der Waals surface area contributed by atoms with E-state index in [4.69, 9.17) is 5.26 Å². The van der Waals surface area contributed by atoms with Crippen LogP contribution in [0.25, 0.3) is 0 Å². The molecule has 0 aliphatic heterocycles. The Labute approximate surface area is 124 Å². The molecule has 1 aromatic carbocycles. The number of hydrogen-bond donors (Lipinski definition) is 0. The first-order valence-electron chi connectivity index (χ1n) is 6.04. The van der Waals surface area contributed by atoms with E-state index >= 15 is 0 Å². The Morgan fingerprint density at radius 3 is 2.29 bits per heavy atom. The van der Waals surface area contributed by atoms with Gasteiger partial charge in [0.05, 0.1) is 15.9 Å². The number of hydrogen-bond acceptors (Lipinski definition) is 5. The quantitative estimate of drug-likeness (QED) is 0.737. The number of benzene rings is 1. The minimum absolute atomic E-state index is 0.00148. The molecule has 0 aliphatic carbocycles. The Hall–Kier alpha value is -1.50. The molecule has 116 valence electrons. The fraction of sp³-hybridized carbons (Fsp3) is 0.417. The zero-order chi connectivity index (χ0) is 16.3. The normalized spacial score (nSPS) is 12.6. The maximum Gasteiger partial charge on any atom is 0.332 e. The molecule has 0 aromatic heterocycles. The van der Waals surface area contributed by atoms with Crippen LogP contribution in [0.2, 0.25) is 0 Å². The van der Waals surface area contributed by atoms with Crippen molar-refractivity contribution in [3.8, 4) is 6.07 Å². The first-order chi connectivity index (χ1) is 9.60. The van der Waals surface area contributed by atoms with Gasteiger partial charge in [-0.25, -0.2) is 8.42 Å². The highest BCUT2D eigenvalue weighted by Gasteiger charge is 2.27. The summed E-state index contributed by atoms with van der Waals surface area (Å²) in [6.45, 7) is 3.23. The molecule has 0 radical (unpaired) electrons. The second-order valence-electron chi connectivity index (χ2n) is 4.53. The van der Waals surface area contributed by atoms with E-state index in [0.29, 0.717) is 0 Å². The van der Waals surface area contributed by atoms with E-state index in [0.717, 1.165) is 22.5 Å². The summed E-state index contributed by atoms with van der Waals surface area (Å²) < 4.78 is 60.7. The Bertz CT molecular complexity index is 752. The largest absolute Gasteiger partial charge is 0.332 e. The molecule has 0 aliphatic rings. The van der Waals surface area contributed by atoms with E-state index in [9.17, 15) is 20.7 Å². The van der Waals surface area contributed by atoms with Crippen LogP contribution >= 0.6 is 0 Å². The van der Waals surface area contributed by atoms with Gasteiger partial charge in [0.15, 0.2) is 0 Å². The van der Waals surface area contributed by atoms with Crippen molar-refractivity contribution in [2.75, 3.05) is 6.54 Å². The van der Waals surface area contributed by atoms with Gasteiger partial charge in [-0.1, -0.05) is 6.07 Å². The van der Waals surface area contributed by atoms with Crippen LogP contribution in [0, 0.1) is 11.3 Å². The van der Waals surface area contributed by atoms with Gasteiger partial charge in [-0.15, -0.1) is 3.89 Å². The van der Waals surface area contributed by atoms with Gasteiger partial charge in [-0.3, -0.25) is 0 Å². The smallest absolute Gasteiger partial charge is 0.207 e. The summed E-state index contributed by atoms with van der Waals surface area (Å²) >= 11 is 0. The van der Waals surface area contributed by atoms with Gasteiger partial charge < -0.3 is 0 Å². The molecular formula is C12H15FN2O4S2. The third-order valence-corrected chi connectivity index (χ3v) is 5.60. The summed E-state index contributed by atoms with van der Waals surface area (Å²) in [6, 6.07) is 5.52. The van der Waals surface area contributed by atoms with Crippen LogP contribution < -0.4 is 0 Å². The summed E-state index contributed by atoms with van der Waals surface area (Å²) in [5, 5.41) is 8.58. The highest BCUT2D eigenvalue weighted by Crippen LogP contribution is 2.22. The molecule has 0 amide bonds. The molecule has 21 heavy (non-hydrogen) atoms. The van der Waals surface area contributed by atoms with Crippen LogP contribution in [0.5, 0.6) is 0 Å². The second-order valence-corrected chi connectivity index (χ2v) is 7.77. The van der Waals surface area contributed by atoms with Gasteiger partial charge in [0.2, 0.25) is 10.0 Å². The third kappa shape index (κ3) is 4.23. The molecule has 1 rings (SSSR count). The third-order valence-electron chi connectivity index (χ3n) is 2.71. The number of nitriles is 1. The predicted octanol–water partition coefficient (Wildman–Crippen LogP) is 1.66. The second kappa shape index (κ2) is 6.51. The molecule has 0 atom stereocenters. The van der Waals surface area contributed by atoms with Crippen LogP contribution in [-0.2, 0) is 20.2 Å². The molecule has 1 aromatic rings. The minimum atomic E-state index is -4.98. The summed E-state index contributed by atoms with van der Waals surface area (Å²) in [6.07, 6.45) is -0.00148. The molecule has 0 spiro atoms. The average molecular weight is 334 g/mol. The van der Waals surface area contributed by atoms with Gasteiger partial charge in [-0.05, 0) is 32.0 Å². The van der Waals surface area contributed by atoms with E-state index < -0.39 is 31.2 Å². The van der Waals surface area contributed by atoms with E-state index in [1.54, 1.807) is 13.8 Å². The Morgan fingerprint density at radius 1 is 1.24 bits per heavy atom. The van der Waals surface area contributed by atoms with Gasteiger partial charge in [0, 0.05) is 19.0 Å². The molecule has 9 heteroatoms. The molecular weight excluding hydrogens is 319 g/mol. The number of rotatable bonds is 6. The Kier molecular flexibility index (Phi) is 5.44. The van der Waals surface area contributed by atoms with Crippen molar-refractivity contribution in [3.63, 3.8) is 0 Å². The SMILES string of the molecule is CC(C)N(CCC#N)S(=O)(=O)c1cccc(S(=O)(=O)F)c1. The molecule has 0 fully saturated rings. The summed E-state index contributed by atoms with van der Waals surface area (Å²) in [4.78, 5) is -1.04. The number of nitrogens with zero attached hydrogens (tertiary/aromatic N) is 2. The molecule has 0 saturated carbocycles. The molecule has 6 nitrogen and oxygen atoms in total. The lowest BCUT2D eigenvalue weighted by atomic mass is 10.3. The summed E-state index contributed by atoms with van der Waals surface area (Å²) in [7, 11) is -8.99. The van der Waals surface area contributed by atoms with Crippen LogP contribution in [0.3, 0.4) is 0 Å². The topological polar surface area (TPSA) is 95.3 Å². The first kappa shape index (κ1) is 17.6. The van der Waals surface area contributed by atoms with Crippen molar-refractivity contribution < 1.29 is 20.7 Å². The fourth-order valence-corrected chi connectivity index (χ4v) is 4.01. The van der Waals surface area contributed by atoms with Crippen molar-refractivity contribution >= 4 is 20.2 Å². The zero-order valence-electron chi connectivity index (χ0n) is 11.5. The molecule has 0 unspecified atom stereocenters. The molecule has 0 N–H and O–H groups in total. The zero-order valence-corrected chi connectivity index (χ0v) is 13.2. The number of sulfonamides is 1. The van der Waals surface area contributed by atoms with Crippen molar-refractivity contribution in [3.05, 3.63) is 24.3 Å². The average Bonchev–Trinajstić information content (AvgIpc) is 2.37. The molecule has 0 bridgehead atoms. The first-order valence-corrected chi connectivity index (χ1v) is 8.86. The minimum Gasteiger partial charge on any atom is -0.207 e. The van der Waals surface area contributed by atoms with Crippen molar-refractivity contribution in [2.24, 2.45) is 0 Å². The lowest BCUT2D eigenvalue weighted by Crippen LogP contribution is -2.37. The van der Waals surface area contributed by atoms with Gasteiger partial charge >= 0.3 is 10.2 Å². The van der Waals surface area contributed by atoms with Gasteiger partial charge in [-0.2, -0.15) is 18.0 Å². The maximum absolute atomic E-state index is 13.0. The van der Waals surface area contributed by atoms with E-state index in [1.165, 1.54) is 6.07 Å². The fourth-order valence-electron chi connectivity index (χ4n) is 1.74. The van der Waals surface area contributed by atoms with Crippen LogP contribution in [-0.4, -0.2) is 33.7 Å². The standard InChI is InChI=1S/C12H15FN2O4S2/c1-10(2)15(8-4-7-14)21(18,19)12-6-3-5-11(9-12)20(13,16)17/h3,5-6,9-10H,4,8H2,1-2H3. The van der Waals surface area contributed by atoms with Crippen LogP contribution in [0.1, 0.15) is 20.3 Å². The Morgan fingerprint density at radius 2 is 1.81 bits per heavy atom. The van der Waals surface area contributed by atoms with Crippen LogP contribution in [0.15, 0.2) is 34.1 Å². The highest BCUT2D eigenvalue weighted by molar-refractivity contribution is 7.89. The van der Waals surface area contributed by atoms with Crippen molar-refractivity contribution in [1.82, 2.24) is 4.31 Å². The van der Waals surface area contributed by atoms with E-state index in [2.05, 4.69) is 0 Å². The van der Waals surface area contributed by atoms with Gasteiger partial charge in [0.25, 0.3) is 0 Å². The lowest BCUT2D eigenvalue weighted by Gasteiger charge is -2.25. The lowest BCUT2D eigenvalue weighted by molar-refractivity contribution is 0.360. The Balaban J connectivity index is 3.32. The highest BCUT2D eigenvalue weighted by atomic mass is 32.3. The van der Waals surface area contributed by atoms with E-state index in [1.807, 2.05) is 6.07 Å². The number of halogens is 1. The van der Waals surface area contributed by atoms with Crippen molar-refractivity contribution in [1.29, 1.82) is 5.26 Å². The predicted molar refractivity (Wildman–Crippen MR) is 74.0 cm³/mol. The van der Waals surface area contributed by atoms with Crippen LogP contribution in [0.4, 0.5) is 3.89 Å². The summed E-state index contributed by atoms with van der Waals surface area (Å²) in [5.74, 6) is 0. The maximum atomic E-state index is 13.0. The van der Waals surface area contributed by atoms with Crippen molar-refractivity contribution in [2.45, 2.75) is 36.1 Å². The molecule has 0 heterocycles. The van der Waals surface area contributed by atoms with E-state index in [-0.39, 0.29) is 17.9 Å². The van der Waals surface area contributed by atoms with Gasteiger partial charge in [0.1, 0.15) is 0 Å². The summed E-state index contributed by atoms with van der Waals surface area (Å²) in [5.41, 5.74) is 0.